The van der Waals surface area contributed by atoms with Crippen LogP contribution >= 0.6 is 11.3 Å². The van der Waals surface area contributed by atoms with Crippen molar-refractivity contribution < 1.29 is 19.0 Å². The molecule has 2 aromatic heterocycles. The molecule has 4 rings (SSSR count). The third kappa shape index (κ3) is 4.34. The fourth-order valence-corrected chi connectivity index (χ4v) is 4.16. The van der Waals surface area contributed by atoms with Crippen LogP contribution in [0.3, 0.4) is 0 Å². The van der Waals surface area contributed by atoms with Gasteiger partial charge >= 0.3 is 5.97 Å². The summed E-state index contributed by atoms with van der Waals surface area (Å²) in [4.78, 5) is 20.1. The lowest BCUT2D eigenvalue weighted by atomic mass is 10.1. The average Bonchev–Trinajstić information content (AvgIpc) is 3.25. The smallest absolute Gasteiger partial charge is 0.339 e. The summed E-state index contributed by atoms with van der Waals surface area (Å²) in [5, 5.41) is 15.2. The summed E-state index contributed by atoms with van der Waals surface area (Å²) in [7, 11) is 0. The van der Waals surface area contributed by atoms with Crippen LogP contribution in [0.1, 0.15) is 22.8 Å². The summed E-state index contributed by atoms with van der Waals surface area (Å²) in [5.41, 5.74) is 1.82. The topological polar surface area (TPSA) is 84.3 Å². The molecule has 0 aliphatic carbocycles. The predicted molar refractivity (Wildman–Crippen MR) is 120 cm³/mol. The number of nitrogens with zero attached hydrogens (tertiary/aromatic N) is 2. The van der Waals surface area contributed by atoms with E-state index in [2.05, 4.69) is 15.3 Å². The number of hydrogen-bond donors (Lipinski definition) is 2. The van der Waals surface area contributed by atoms with Crippen molar-refractivity contribution in [2.24, 2.45) is 0 Å². The number of aromatic carboxylic acids is 1. The summed E-state index contributed by atoms with van der Waals surface area (Å²) in [6.07, 6.45) is 1.90. The van der Waals surface area contributed by atoms with E-state index in [0.29, 0.717) is 47.6 Å². The maximum atomic E-state index is 14.6. The normalized spacial score (nSPS) is 10.9. The quantitative estimate of drug-likeness (QED) is 0.392. The van der Waals surface area contributed by atoms with Crippen LogP contribution in [0.2, 0.25) is 0 Å². The van der Waals surface area contributed by atoms with Gasteiger partial charge in [-0.15, -0.1) is 11.3 Å². The Morgan fingerprint density at radius 1 is 1.23 bits per heavy atom. The Balaban J connectivity index is 1.53. The third-order valence-corrected chi connectivity index (χ3v) is 5.71. The Bertz CT molecular complexity index is 1240. The Hall–Kier alpha value is -3.52. The van der Waals surface area contributed by atoms with Crippen molar-refractivity contribution in [3.63, 3.8) is 0 Å². The van der Waals surface area contributed by atoms with Crippen LogP contribution in [0.4, 0.5) is 10.2 Å². The van der Waals surface area contributed by atoms with Gasteiger partial charge in [0.05, 0.1) is 12.3 Å². The zero-order chi connectivity index (χ0) is 21.8. The van der Waals surface area contributed by atoms with Crippen molar-refractivity contribution in [3.8, 4) is 17.0 Å². The molecule has 158 valence electrons. The molecule has 0 saturated heterocycles. The Morgan fingerprint density at radius 3 is 2.90 bits per heavy atom. The van der Waals surface area contributed by atoms with Gasteiger partial charge in [-0.1, -0.05) is 12.1 Å². The molecule has 8 heteroatoms. The number of carbonyl (C=O) groups is 1. The molecule has 2 N–H and O–H groups in total. The lowest BCUT2D eigenvalue weighted by molar-refractivity contribution is 0.0692. The van der Waals surface area contributed by atoms with Crippen molar-refractivity contribution in [2.45, 2.75) is 13.3 Å². The van der Waals surface area contributed by atoms with Crippen molar-refractivity contribution >= 4 is 33.2 Å². The first-order valence-electron chi connectivity index (χ1n) is 9.78. The molecule has 31 heavy (non-hydrogen) atoms. The minimum atomic E-state index is -1.07. The number of thiophene rings is 1. The summed E-state index contributed by atoms with van der Waals surface area (Å²) in [5.74, 6) is -0.420. The number of fused-ring (bicyclic) bond motifs is 1. The summed E-state index contributed by atoms with van der Waals surface area (Å²) < 4.78 is 21.2. The minimum Gasteiger partial charge on any atom is -0.492 e. The second kappa shape index (κ2) is 9.09. The van der Waals surface area contributed by atoms with Gasteiger partial charge in [0.2, 0.25) is 0 Å². The molecule has 0 radical (unpaired) electrons. The fraction of sp³-hybridized carbons (Fsp3) is 0.174. The van der Waals surface area contributed by atoms with E-state index in [-0.39, 0.29) is 17.1 Å². The number of hydrogen-bond acceptors (Lipinski definition) is 6. The van der Waals surface area contributed by atoms with Gasteiger partial charge in [-0.05, 0) is 48.6 Å². The van der Waals surface area contributed by atoms with Gasteiger partial charge in [-0.25, -0.2) is 19.2 Å². The number of carboxylic acid groups (broad SMARTS) is 1. The van der Waals surface area contributed by atoms with Crippen molar-refractivity contribution in [1.29, 1.82) is 0 Å². The molecule has 0 amide bonds. The lowest BCUT2D eigenvalue weighted by Crippen LogP contribution is -2.08. The number of para-hydroxylation sites is 1. The van der Waals surface area contributed by atoms with Gasteiger partial charge in [0.1, 0.15) is 29.3 Å². The lowest BCUT2D eigenvalue weighted by Gasteiger charge is -2.13. The van der Waals surface area contributed by atoms with E-state index in [1.165, 1.54) is 23.7 Å². The number of aromatic nitrogens is 2. The predicted octanol–water partition coefficient (Wildman–Crippen LogP) is 5.25. The molecule has 0 aliphatic heterocycles. The summed E-state index contributed by atoms with van der Waals surface area (Å²) >= 11 is 1.52. The SMILES string of the molecule is CCOc1c(C(=O)O)cccc1-c1cc(NCCc2ccc3sccc3c2F)ncn1. The first-order chi connectivity index (χ1) is 15.1. The minimum absolute atomic E-state index is 0.0757. The Morgan fingerprint density at radius 2 is 2.10 bits per heavy atom. The molecular formula is C23H20FN3O3S. The fourth-order valence-electron chi connectivity index (χ4n) is 3.38. The van der Waals surface area contributed by atoms with Crippen molar-refractivity contribution in [2.75, 3.05) is 18.5 Å². The molecular weight excluding hydrogens is 417 g/mol. The number of anilines is 1. The van der Waals surface area contributed by atoms with Crippen LogP contribution in [0.25, 0.3) is 21.3 Å². The molecule has 2 aromatic carbocycles. The summed E-state index contributed by atoms with van der Waals surface area (Å²) in [6.45, 7) is 2.60. The molecule has 0 unspecified atom stereocenters. The molecule has 4 aromatic rings. The van der Waals surface area contributed by atoms with E-state index in [1.807, 2.05) is 17.5 Å². The average molecular weight is 437 g/mol. The zero-order valence-corrected chi connectivity index (χ0v) is 17.6. The molecule has 0 spiro atoms. The van der Waals surface area contributed by atoms with Gasteiger partial charge in [0.15, 0.2) is 0 Å². The standard InChI is InChI=1S/C23H20FN3O3S/c1-2-30-22-15(4-3-5-17(22)23(28)29)18-12-20(27-13-26-18)25-10-8-14-6-7-19-16(21(14)24)9-11-31-19/h3-7,9,11-13H,2,8,10H2,1H3,(H,28,29)(H,25,26,27). The third-order valence-electron chi connectivity index (χ3n) is 4.83. The first-order valence-corrected chi connectivity index (χ1v) is 10.7. The largest absolute Gasteiger partial charge is 0.492 e. The highest BCUT2D eigenvalue weighted by molar-refractivity contribution is 7.17. The number of benzene rings is 2. The number of halogens is 1. The highest BCUT2D eigenvalue weighted by Gasteiger charge is 2.17. The second-order valence-corrected chi connectivity index (χ2v) is 7.70. The molecule has 2 heterocycles. The van der Waals surface area contributed by atoms with Crippen LogP contribution in [0.5, 0.6) is 5.75 Å². The number of carboxylic acids is 1. The van der Waals surface area contributed by atoms with E-state index < -0.39 is 5.97 Å². The van der Waals surface area contributed by atoms with Gasteiger partial charge in [-0.2, -0.15) is 0 Å². The van der Waals surface area contributed by atoms with E-state index in [4.69, 9.17) is 4.74 Å². The molecule has 0 atom stereocenters. The van der Waals surface area contributed by atoms with E-state index in [0.717, 1.165) is 4.70 Å². The molecule has 0 saturated carbocycles. The Labute approximate surface area is 182 Å². The number of ether oxygens (including phenoxy) is 1. The molecule has 0 fully saturated rings. The maximum absolute atomic E-state index is 14.6. The molecule has 0 bridgehead atoms. The highest BCUT2D eigenvalue weighted by atomic mass is 32.1. The van der Waals surface area contributed by atoms with Crippen LogP contribution < -0.4 is 10.1 Å². The van der Waals surface area contributed by atoms with E-state index in [9.17, 15) is 14.3 Å². The molecule has 6 nitrogen and oxygen atoms in total. The van der Waals surface area contributed by atoms with Crippen LogP contribution in [0, 0.1) is 5.82 Å². The first kappa shape index (κ1) is 20.7. The number of rotatable bonds is 8. The monoisotopic (exact) mass is 437 g/mol. The van der Waals surface area contributed by atoms with Crippen molar-refractivity contribution in [3.05, 3.63) is 71.1 Å². The Kier molecular flexibility index (Phi) is 6.08. The maximum Gasteiger partial charge on any atom is 0.339 e. The van der Waals surface area contributed by atoms with Crippen LogP contribution in [-0.4, -0.2) is 34.2 Å². The molecule has 0 aliphatic rings. The zero-order valence-electron chi connectivity index (χ0n) is 16.8. The van der Waals surface area contributed by atoms with Gasteiger partial charge in [0, 0.05) is 28.3 Å². The van der Waals surface area contributed by atoms with Gasteiger partial charge in [0.25, 0.3) is 0 Å². The van der Waals surface area contributed by atoms with Gasteiger partial charge in [-0.3, -0.25) is 0 Å². The number of nitrogens with one attached hydrogen (secondary N) is 1. The highest BCUT2D eigenvalue weighted by Crippen LogP contribution is 2.33. The van der Waals surface area contributed by atoms with Crippen LogP contribution in [0.15, 0.2) is 54.2 Å². The van der Waals surface area contributed by atoms with Crippen molar-refractivity contribution in [1.82, 2.24) is 9.97 Å². The van der Waals surface area contributed by atoms with Gasteiger partial charge < -0.3 is 15.2 Å². The van der Waals surface area contributed by atoms with E-state index >= 15 is 0 Å². The summed E-state index contributed by atoms with van der Waals surface area (Å²) in [6, 6.07) is 12.2. The second-order valence-electron chi connectivity index (χ2n) is 6.76. The van der Waals surface area contributed by atoms with Crippen LogP contribution in [-0.2, 0) is 6.42 Å². The van der Waals surface area contributed by atoms with E-state index in [1.54, 1.807) is 31.2 Å².